The first-order valence-electron chi connectivity index (χ1n) is 4.22. The number of rotatable bonds is 3. The Balaban J connectivity index is 1.88. The molecule has 0 amide bonds. The summed E-state index contributed by atoms with van der Waals surface area (Å²) in [4.78, 5) is 0. The average molecular weight is 172 g/mol. The van der Waals surface area contributed by atoms with Crippen molar-refractivity contribution in [2.75, 3.05) is 39.3 Å². The Morgan fingerprint density at radius 1 is 0.727 bits per heavy atom. The molecule has 0 aromatic rings. The highest BCUT2D eigenvalue weighted by Gasteiger charge is 2.51. The van der Waals surface area contributed by atoms with Gasteiger partial charge in [0.25, 0.3) is 0 Å². The summed E-state index contributed by atoms with van der Waals surface area (Å²) in [5.41, 5.74) is 0. The van der Waals surface area contributed by atoms with Gasteiger partial charge in [-0.15, -0.1) is 0 Å². The van der Waals surface area contributed by atoms with Crippen LogP contribution in [0.15, 0.2) is 0 Å². The summed E-state index contributed by atoms with van der Waals surface area (Å²) in [6.07, 6.45) is 0. The molecule has 1 N–H and O–H groups in total. The van der Waals surface area contributed by atoms with E-state index >= 15 is 0 Å². The van der Waals surface area contributed by atoms with E-state index < -0.39 is 7.51 Å². The maximum Gasteiger partial charge on any atom is 0.165 e. The van der Waals surface area contributed by atoms with Gasteiger partial charge in [0, 0.05) is 39.3 Å². The molecule has 3 heterocycles. The molecule has 3 aliphatic rings. The molecule has 11 heavy (non-hydrogen) atoms. The highest BCUT2D eigenvalue weighted by molar-refractivity contribution is 7.58. The van der Waals surface area contributed by atoms with Crippen LogP contribution in [0.4, 0.5) is 0 Å². The van der Waals surface area contributed by atoms with Gasteiger partial charge in [-0.25, -0.2) is 14.0 Å². The van der Waals surface area contributed by atoms with Gasteiger partial charge >= 0.3 is 0 Å². The van der Waals surface area contributed by atoms with Crippen molar-refractivity contribution in [2.45, 2.75) is 0 Å². The van der Waals surface area contributed by atoms with Crippen LogP contribution < -0.4 is 0 Å². The molecule has 0 radical (unpaired) electrons. The van der Waals surface area contributed by atoms with Crippen LogP contribution in [0.5, 0.6) is 0 Å². The minimum Gasteiger partial charge on any atom is -0.277 e. The molecule has 0 atom stereocenters. The van der Waals surface area contributed by atoms with E-state index in [1.54, 1.807) is 0 Å². The normalized spacial score (nSPS) is 32.4. The van der Waals surface area contributed by atoms with Gasteiger partial charge in [-0.05, 0) is 0 Å². The Labute approximate surface area is 66.8 Å². The maximum atomic E-state index is 8.36. The van der Waals surface area contributed by atoms with E-state index in [0.29, 0.717) is 0 Å². The van der Waals surface area contributed by atoms with Crippen LogP contribution in [0.1, 0.15) is 0 Å². The van der Waals surface area contributed by atoms with E-state index in [2.05, 4.69) is 14.0 Å². The standard InChI is InChI=1S/C6H13N4P/c7-11(8-1-2-8,9-3-4-9)10-5-6-10/h7H,1-6H2. The van der Waals surface area contributed by atoms with Gasteiger partial charge in [0.1, 0.15) is 0 Å². The van der Waals surface area contributed by atoms with Crippen LogP contribution in [-0.2, 0) is 0 Å². The third-order valence-electron chi connectivity index (χ3n) is 2.45. The van der Waals surface area contributed by atoms with Crippen molar-refractivity contribution in [3.05, 3.63) is 0 Å². The molecule has 3 fully saturated rings. The number of hydrogen-bond donors (Lipinski definition) is 1. The summed E-state index contributed by atoms with van der Waals surface area (Å²) in [5, 5.41) is 8.36. The van der Waals surface area contributed by atoms with Gasteiger partial charge in [0.2, 0.25) is 0 Å². The average Bonchev–Trinajstić information content (AvgIpc) is 2.81. The Bertz CT molecular complexity index is 191. The third-order valence-corrected chi connectivity index (χ3v) is 6.02. The first-order chi connectivity index (χ1) is 5.32. The molecule has 3 aliphatic heterocycles. The number of nitrogens with one attached hydrogen (secondary N) is 1. The fraction of sp³-hybridized carbons (Fsp3) is 1.00. The van der Waals surface area contributed by atoms with E-state index in [-0.39, 0.29) is 0 Å². The quantitative estimate of drug-likeness (QED) is 0.496. The van der Waals surface area contributed by atoms with E-state index in [9.17, 15) is 0 Å². The molecule has 62 valence electrons. The second-order valence-electron chi connectivity index (χ2n) is 3.43. The van der Waals surface area contributed by atoms with Gasteiger partial charge in [0.05, 0.1) is 0 Å². The smallest absolute Gasteiger partial charge is 0.165 e. The molecule has 0 saturated carbocycles. The second kappa shape index (κ2) is 1.88. The zero-order valence-electron chi connectivity index (χ0n) is 6.53. The lowest BCUT2D eigenvalue weighted by Crippen LogP contribution is -2.10. The number of hydrogen-bond acceptors (Lipinski definition) is 1. The lowest BCUT2D eigenvalue weighted by Gasteiger charge is -2.25. The van der Waals surface area contributed by atoms with Crippen LogP contribution in [0, 0.1) is 5.16 Å². The van der Waals surface area contributed by atoms with Crippen molar-refractivity contribution in [1.82, 2.24) is 14.0 Å². The van der Waals surface area contributed by atoms with E-state index in [1.807, 2.05) is 0 Å². The van der Waals surface area contributed by atoms with E-state index in [0.717, 1.165) is 0 Å². The van der Waals surface area contributed by atoms with Crippen LogP contribution in [0.25, 0.3) is 0 Å². The SMILES string of the molecule is N=P(N1CC1)(N1CC1)N1CC1. The molecule has 4 nitrogen and oxygen atoms in total. The highest BCUT2D eigenvalue weighted by Crippen LogP contribution is 2.65. The van der Waals surface area contributed by atoms with Crippen LogP contribution >= 0.6 is 7.51 Å². The Kier molecular flexibility index (Phi) is 1.13. The van der Waals surface area contributed by atoms with Gasteiger partial charge in [0.15, 0.2) is 7.51 Å². The summed E-state index contributed by atoms with van der Waals surface area (Å²) in [5.74, 6) is 0. The fourth-order valence-corrected chi connectivity index (χ4v) is 4.52. The van der Waals surface area contributed by atoms with Gasteiger partial charge < -0.3 is 0 Å². The van der Waals surface area contributed by atoms with Crippen LogP contribution in [0.2, 0.25) is 0 Å². The second-order valence-corrected chi connectivity index (χ2v) is 6.26. The first-order valence-corrected chi connectivity index (χ1v) is 5.87. The Morgan fingerprint density at radius 2 is 1.00 bits per heavy atom. The van der Waals surface area contributed by atoms with Crippen LogP contribution in [0.3, 0.4) is 0 Å². The van der Waals surface area contributed by atoms with E-state index in [1.165, 1.54) is 39.3 Å². The van der Waals surface area contributed by atoms with E-state index in [4.69, 9.17) is 5.16 Å². The van der Waals surface area contributed by atoms with Crippen molar-refractivity contribution < 1.29 is 0 Å². The van der Waals surface area contributed by atoms with Gasteiger partial charge in [-0.1, -0.05) is 0 Å². The highest BCUT2D eigenvalue weighted by atomic mass is 31.2. The lowest BCUT2D eigenvalue weighted by atomic mass is 11.0. The predicted molar refractivity (Wildman–Crippen MR) is 44.4 cm³/mol. The molecular weight excluding hydrogens is 159 g/mol. The molecule has 0 unspecified atom stereocenters. The minimum atomic E-state index is -1.60. The summed E-state index contributed by atoms with van der Waals surface area (Å²) in [6, 6.07) is 0. The molecule has 0 aromatic carbocycles. The summed E-state index contributed by atoms with van der Waals surface area (Å²) >= 11 is 0. The first kappa shape index (κ1) is 6.61. The molecule has 5 heteroatoms. The zero-order chi connectivity index (χ0) is 7.47. The fourth-order valence-electron chi connectivity index (χ4n) is 1.51. The minimum absolute atomic E-state index is 1.17. The zero-order valence-corrected chi connectivity index (χ0v) is 7.43. The Hall–Kier alpha value is 0.110. The molecule has 0 bridgehead atoms. The predicted octanol–water partition coefficient (Wildman–Crippen LogP) is 0.458. The molecule has 3 rings (SSSR count). The summed E-state index contributed by atoms with van der Waals surface area (Å²) in [6.45, 7) is 7.03. The topological polar surface area (TPSA) is 32.9 Å². The number of nitrogens with zero attached hydrogens (tertiary/aromatic N) is 3. The maximum absolute atomic E-state index is 8.36. The van der Waals surface area contributed by atoms with Crippen molar-refractivity contribution in [2.24, 2.45) is 0 Å². The molecule has 3 saturated heterocycles. The molecule has 0 spiro atoms. The largest absolute Gasteiger partial charge is 0.277 e. The summed E-state index contributed by atoms with van der Waals surface area (Å²) < 4.78 is 7.02. The van der Waals surface area contributed by atoms with Crippen molar-refractivity contribution in [1.29, 1.82) is 5.16 Å². The molecular formula is C6H13N4P. The Morgan fingerprint density at radius 3 is 1.18 bits per heavy atom. The van der Waals surface area contributed by atoms with Crippen LogP contribution in [-0.4, -0.2) is 53.3 Å². The third kappa shape index (κ3) is 0.905. The van der Waals surface area contributed by atoms with Gasteiger partial charge in [-0.3, -0.25) is 5.16 Å². The summed E-state index contributed by atoms with van der Waals surface area (Å²) in [7, 11) is -1.60. The lowest BCUT2D eigenvalue weighted by molar-refractivity contribution is 0.672. The van der Waals surface area contributed by atoms with Crippen molar-refractivity contribution in [3.8, 4) is 0 Å². The van der Waals surface area contributed by atoms with Gasteiger partial charge in [-0.2, -0.15) is 0 Å². The van der Waals surface area contributed by atoms with Crippen molar-refractivity contribution in [3.63, 3.8) is 0 Å². The van der Waals surface area contributed by atoms with Crippen molar-refractivity contribution >= 4 is 7.51 Å². The molecule has 0 aromatic heterocycles. The monoisotopic (exact) mass is 172 g/mol. The molecule has 0 aliphatic carbocycles.